The molecule has 0 N–H and O–H groups in total. The summed E-state index contributed by atoms with van der Waals surface area (Å²) in [6.45, 7) is 9.10. The van der Waals surface area contributed by atoms with Gasteiger partial charge in [-0.05, 0) is 50.4 Å². The highest BCUT2D eigenvalue weighted by Gasteiger charge is 2.20. The van der Waals surface area contributed by atoms with Gasteiger partial charge in [0.25, 0.3) is 0 Å². The zero-order valence-corrected chi connectivity index (χ0v) is 13.7. The van der Waals surface area contributed by atoms with E-state index in [9.17, 15) is 0 Å². The van der Waals surface area contributed by atoms with Crippen molar-refractivity contribution in [2.45, 2.75) is 85.5 Å². The van der Waals surface area contributed by atoms with Crippen LogP contribution in [0.25, 0.3) is 0 Å². The Kier molecular flexibility index (Phi) is 8.27. The van der Waals surface area contributed by atoms with Crippen LogP contribution in [0.2, 0.25) is 0 Å². The second kappa shape index (κ2) is 9.46. The first kappa shape index (κ1) is 16.6. The average molecular weight is 262 g/mol. The van der Waals surface area contributed by atoms with Gasteiger partial charge >= 0.3 is 0 Å². The molecule has 1 unspecified atom stereocenters. The minimum atomic E-state index is 0.713. The third-order valence-corrected chi connectivity index (χ3v) is 4.74. The lowest BCUT2D eigenvalue weighted by Crippen LogP contribution is -2.14. The lowest BCUT2D eigenvalue weighted by molar-refractivity contribution is 0.278. The summed E-state index contributed by atoms with van der Waals surface area (Å²) in [6.07, 6.45) is 12.8. The van der Waals surface area contributed by atoms with Gasteiger partial charge in [0.05, 0.1) is 0 Å². The molecule has 1 saturated carbocycles. The van der Waals surface area contributed by atoms with Crippen molar-refractivity contribution in [2.24, 2.45) is 23.7 Å². The first-order valence-corrected chi connectivity index (χ1v) is 8.54. The molecule has 0 aliphatic heterocycles. The first-order chi connectivity index (χ1) is 9.11. The standard InChI is InChI=1S/C19H34/c1-5-7-18-12-14-19(15-13-18)11-10-17(4)9-6-8-16(2)3/h16-19H,6,8-15H2,1-4H3. The lowest BCUT2D eigenvalue weighted by atomic mass is 9.79. The van der Waals surface area contributed by atoms with E-state index in [4.69, 9.17) is 0 Å². The summed E-state index contributed by atoms with van der Waals surface area (Å²) in [4.78, 5) is 0. The summed E-state index contributed by atoms with van der Waals surface area (Å²) < 4.78 is 0. The lowest BCUT2D eigenvalue weighted by Gasteiger charge is -2.26. The number of hydrogen-bond acceptors (Lipinski definition) is 0. The summed E-state index contributed by atoms with van der Waals surface area (Å²) in [5.41, 5.74) is 0. The fourth-order valence-electron chi connectivity index (χ4n) is 3.34. The van der Waals surface area contributed by atoms with Crippen LogP contribution >= 0.6 is 0 Å². The Hall–Kier alpha value is -0.440. The van der Waals surface area contributed by atoms with Gasteiger partial charge in [-0.1, -0.05) is 52.9 Å². The third kappa shape index (κ3) is 7.66. The molecule has 0 saturated heterocycles. The van der Waals surface area contributed by atoms with E-state index in [0.717, 1.165) is 17.8 Å². The van der Waals surface area contributed by atoms with Crippen molar-refractivity contribution in [1.29, 1.82) is 0 Å². The van der Waals surface area contributed by atoms with Gasteiger partial charge < -0.3 is 0 Å². The van der Waals surface area contributed by atoms with Crippen molar-refractivity contribution < 1.29 is 0 Å². The Labute approximate surface area is 121 Å². The molecular formula is C19H34. The van der Waals surface area contributed by atoms with E-state index >= 15 is 0 Å². The predicted octanol–water partition coefficient (Wildman–Crippen LogP) is 6.06. The van der Waals surface area contributed by atoms with Crippen molar-refractivity contribution in [3.8, 4) is 11.8 Å². The van der Waals surface area contributed by atoms with Crippen molar-refractivity contribution in [1.82, 2.24) is 0 Å². The number of hydrogen-bond donors (Lipinski definition) is 0. The second-order valence-corrected chi connectivity index (χ2v) is 7.12. The molecule has 1 atom stereocenters. The fourth-order valence-corrected chi connectivity index (χ4v) is 3.34. The Morgan fingerprint density at radius 1 is 0.947 bits per heavy atom. The quantitative estimate of drug-likeness (QED) is 0.489. The van der Waals surface area contributed by atoms with E-state index in [1.165, 1.54) is 57.8 Å². The van der Waals surface area contributed by atoms with Crippen LogP contribution in [-0.4, -0.2) is 0 Å². The van der Waals surface area contributed by atoms with Crippen molar-refractivity contribution in [2.75, 3.05) is 0 Å². The summed E-state index contributed by atoms with van der Waals surface area (Å²) in [6, 6.07) is 0. The maximum absolute atomic E-state index is 3.36. The molecule has 110 valence electrons. The normalized spacial score (nSPS) is 24.9. The maximum atomic E-state index is 3.36. The van der Waals surface area contributed by atoms with Gasteiger partial charge in [0.15, 0.2) is 0 Å². The molecule has 19 heavy (non-hydrogen) atoms. The average Bonchev–Trinajstić information content (AvgIpc) is 2.38. The number of rotatable bonds is 7. The van der Waals surface area contributed by atoms with E-state index in [-0.39, 0.29) is 0 Å². The van der Waals surface area contributed by atoms with Crippen molar-refractivity contribution in [3.63, 3.8) is 0 Å². The molecule has 0 spiro atoms. The first-order valence-electron chi connectivity index (χ1n) is 8.54. The van der Waals surface area contributed by atoms with Gasteiger partial charge in [-0.15, -0.1) is 11.8 Å². The molecule has 1 rings (SSSR count). The molecule has 1 aliphatic carbocycles. The van der Waals surface area contributed by atoms with Crippen molar-refractivity contribution in [3.05, 3.63) is 0 Å². The highest BCUT2D eigenvalue weighted by molar-refractivity contribution is 5.02. The highest BCUT2D eigenvalue weighted by atomic mass is 14.2. The summed E-state index contributed by atoms with van der Waals surface area (Å²) in [5, 5.41) is 0. The predicted molar refractivity (Wildman–Crippen MR) is 86.0 cm³/mol. The van der Waals surface area contributed by atoms with Gasteiger partial charge in [0.1, 0.15) is 0 Å². The van der Waals surface area contributed by atoms with Gasteiger partial charge in [-0.2, -0.15) is 0 Å². The van der Waals surface area contributed by atoms with Gasteiger partial charge in [0, 0.05) is 5.92 Å². The van der Waals surface area contributed by atoms with Crippen LogP contribution in [0.4, 0.5) is 0 Å². The molecular weight excluding hydrogens is 228 g/mol. The Bertz CT molecular complexity index is 270. The summed E-state index contributed by atoms with van der Waals surface area (Å²) in [5.74, 6) is 9.97. The van der Waals surface area contributed by atoms with E-state index in [0.29, 0.717) is 5.92 Å². The van der Waals surface area contributed by atoms with Gasteiger partial charge in [-0.3, -0.25) is 0 Å². The zero-order valence-electron chi connectivity index (χ0n) is 13.7. The monoisotopic (exact) mass is 262 g/mol. The van der Waals surface area contributed by atoms with Gasteiger partial charge in [-0.25, -0.2) is 0 Å². The van der Waals surface area contributed by atoms with Crippen LogP contribution in [0.3, 0.4) is 0 Å². The Balaban J connectivity index is 2.07. The Morgan fingerprint density at radius 2 is 1.63 bits per heavy atom. The van der Waals surface area contributed by atoms with Crippen LogP contribution in [0.1, 0.15) is 85.5 Å². The molecule has 0 nitrogen and oxygen atoms in total. The molecule has 0 amide bonds. The topological polar surface area (TPSA) is 0 Å². The minimum Gasteiger partial charge on any atom is -0.106 e. The maximum Gasteiger partial charge on any atom is 0.0203 e. The fraction of sp³-hybridized carbons (Fsp3) is 0.895. The van der Waals surface area contributed by atoms with Gasteiger partial charge in [0.2, 0.25) is 0 Å². The van der Waals surface area contributed by atoms with E-state index in [1.54, 1.807) is 0 Å². The Morgan fingerprint density at radius 3 is 2.21 bits per heavy atom. The minimum absolute atomic E-state index is 0.713. The summed E-state index contributed by atoms with van der Waals surface area (Å²) in [7, 11) is 0. The van der Waals surface area contributed by atoms with E-state index in [2.05, 4.69) is 32.6 Å². The van der Waals surface area contributed by atoms with E-state index < -0.39 is 0 Å². The molecule has 1 fully saturated rings. The largest absolute Gasteiger partial charge is 0.106 e. The molecule has 0 aromatic rings. The third-order valence-electron chi connectivity index (χ3n) is 4.74. The smallest absolute Gasteiger partial charge is 0.0203 e. The molecule has 0 heterocycles. The van der Waals surface area contributed by atoms with E-state index in [1.807, 2.05) is 6.92 Å². The summed E-state index contributed by atoms with van der Waals surface area (Å²) >= 11 is 0. The highest BCUT2D eigenvalue weighted by Crippen LogP contribution is 2.32. The zero-order chi connectivity index (χ0) is 14.1. The SMILES string of the molecule is CC#CC1CCC(CCC(C)CCCC(C)C)CC1. The molecule has 0 aromatic carbocycles. The molecule has 0 radical (unpaired) electrons. The second-order valence-electron chi connectivity index (χ2n) is 7.12. The van der Waals surface area contributed by atoms with Crippen LogP contribution < -0.4 is 0 Å². The molecule has 0 aromatic heterocycles. The molecule has 0 heteroatoms. The van der Waals surface area contributed by atoms with Crippen LogP contribution in [0, 0.1) is 35.5 Å². The molecule has 1 aliphatic rings. The van der Waals surface area contributed by atoms with Crippen LogP contribution in [0.15, 0.2) is 0 Å². The van der Waals surface area contributed by atoms with Crippen LogP contribution in [-0.2, 0) is 0 Å². The van der Waals surface area contributed by atoms with Crippen LogP contribution in [0.5, 0.6) is 0 Å². The molecule has 0 bridgehead atoms. The van der Waals surface area contributed by atoms with Crippen molar-refractivity contribution >= 4 is 0 Å².